The average molecular weight is 344 g/mol. The standard InChI is InChI=1S/C20H28N2O3/c23-19(8-7-15-4-1-2-5-15)21-9-11-22(12-10-21)20(24)17-14-16(17)18-6-3-13-25-18/h3,6,13,15-17H,1-2,4-5,7-12,14H2/t16-,17+/m0/s1. The van der Waals surface area contributed by atoms with Crippen molar-refractivity contribution < 1.29 is 14.0 Å². The van der Waals surface area contributed by atoms with E-state index in [2.05, 4.69) is 0 Å². The van der Waals surface area contributed by atoms with Crippen LogP contribution in [0.2, 0.25) is 0 Å². The molecule has 2 amide bonds. The van der Waals surface area contributed by atoms with Crippen LogP contribution in [-0.2, 0) is 9.59 Å². The quantitative estimate of drug-likeness (QED) is 0.825. The van der Waals surface area contributed by atoms with Gasteiger partial charge in [0.1, 0.15) is 5.76 Å². The minimum atomic E-state index is 0.0794. The fraction of sp³-hybridized carbons (Fsp3) is 0.700. The molecule has 2 atom stereocenters. The van der Waals surface area contributed by atoms with E-state index in [1.54, 1.807) is 6.26 Å². The average Bonchev–Trinajstić information content (AvgIpc) is 3.06. The molecule has 2 aliphatic carbocycles. The molecule has 1 saturated heterocycles. The van der Waals surface area contributed by atoms with Gasteiger partial charge in [0.25, 0.3) is 0 Å². The Hall–Kier alpha value is -1.78. The van der Waals surface area contributed by atoms with Crippen LogP contribution in [0.25, 0.3) is 0 Å². The second-order valence-corrected chi connectivity index (χ2v) is 7.86. The summed E-state index contributed by atoms with van der Waals surface area (Å²) in [4.78, 5) is 28.9. The first kappa shape index (κ1) is 16.7. The monoisotopic (exact) mass is 344 g/mol. The van der Waals surface area contributed by atoms with E-state index in [1.807, 2.05) is 21.9 Å². The highest BCUT2D eigenvalue weighted by atomic mass is 16.3. The molecule has 3 fully saturated rings. The molecule has 4 rings (SSSR count). The first-order valence-corrected chi connectivity index (χ1v) is 9.82. The Labute approximate surface area is 149 Å². The van der Waals surface area contributed by atoms with Crippen molar-refractivity contribution in [3.05, 3.63) is 24.2 Å². The van der Waals surface area contributed by atoms with Gasteiger partial charge in [0, 0.05) is 44.4 Å². The van der Waals surface area contributed by atoms with Gasteiger partial charge in [-0.2, -0.15) is 0 Å². The zero-order chi connectivity index (χ0) is 17.2. The molecule has 3 aliphatic rings. The lowest BCUT2D eigenvalue weighted by molar-refractivity contribution is -0.140. The summed E-state index contributed by atoms with van der Waals surface area (Å²) in [5, 5.41) is 0. The van der Waals surface area contributed by atoms with Crippen LogP contribution in [0.5, 0.6) is 0 Å². The topological polar surface area (TPSA) is 53.8 Å². The van der Waals surface area contributed by atoms with Crippen LogP contribution in [0.15, 0.2) is 22.8 Å². The Kier molecular flexibility index (Phi) is 4.82. The van der Waals surface area contributed by atoms with Crippen molar-refractivity contribution in [2.24, 2.45) is 11.8 Å². The summed E-state index contributed by atoms with van der Waals surface area (Å²) < 4.78 is 5.42. The summed E-state index contributed by atoms with van der Waals surface area (Å²) in [5.41, 5.74) is 0. The predicted molar refractivity (Wildman–Crippen MR) is 93.9 cm³/mol. The number of nitrogens with zero attached hydrogens (tertiary/aromatic N) is 2. The van der Waals surface area contributed by atoms with Gasteiger partial charge in [-0.15, -0.1) is 0 Å². The van der Waals surface area contributed by atoms with Crippen molar-refractivity contribution in [3.63, 3.8) is 0 Å². The minimum absolute atomic E-state index is 0.0794. The zero-order valence-corrected chi connectivity index (χ0v) is 14.9. The molecule has 0 N–H and O–H groups in total. The molecule has 1 aliphatic heterocycles. The second kappa shape index (κ2) is 7.22. The number of amides is 2. The third-order valence-corrected chi connectivity index (χ3v) is 6.20. The van der Waals surface area contributed by atoms with E-state index in [0.717, 1.165) is 24.5 Å². The van der Waals surface area contributed by atoms with Gasteiger partial charge in [0.05, 0.1) is 6.26 Å². The van der Waals surface area contributed by atoms with Gasteiger partial charge >= 0.3 is 0 Å². The van der Waals surface area contributed by atoms with Gasteiger partial charge in [0.15, 0.2) is 0 Å². The third-order valence-electron chi connectivity index (χ3n) is 6.20. The van der Waals surface area contributed by atoms with E-state index < -0.39 is 0 Å². The lowest BCUT2D eigenvalue weighted by Gasteiger charge is -2.35. The number of hydrogen-bond acceptors (Lipinski definition) is 3. The maximum absolute atomic E-state index is 12.6. The summed E-state index contributed by atoms with van der Waals surface area (Å²) in [6, 6.07) is 3.84. The molecule has 5 nitrogen and oxygen atoms in total. The van der Waals surface area contributed by atoms with Crippen molar-refractivity contribution in [1.82, 2.24) is 9.80 Å². The van der Waals surface area contributed by atoms with E-state index in [-0.39, 0.29) is 23.7 Å². The van der Waals surface area contributed by atoms with Crippen molar-refractivity contribution in [3.8, 4) is 0 Å². The lowest BCUT2D eigenvalue weighted by Crippen LogP contribution is -2.51. The first-order valence-electron chi connectivity index (χ1n) is 9.82. The molecule has 0 unspecified atom stereocenters. The Morgan fingerprint density at radius 1 is 1.08 bits per heavy atom. The summed E-state index contributed by atoms with van der Waals surface area (Å²) >= 11 is 0. The highest BCUT2D eigenvalue weighted by molar-refractivity contribution is 5.83. The van der Waals surface area contributed by atoms with E-state index >= 15 is 0 Å². The molecular formula is C20H28N2O3. The summed E-state index contributed by atoms with van der Waals surface area (Å²) in [7, 11) is 0. The van der Waals surface area contributed by atoms with Crippen molar-refractivity contribution in [1.29, 1.82) is 0 Å². The normalized spacial score (nSPS) is 26.9. The summed E-state index contributed by atoms with van der Waals surface area (Å²) in [6.07, 6.45) is 9.56. The van der Waals surface area contributed by atoms with E-state index in [9.17, 15) is 9.59 Å². The van der Waals surface area contributed by atoms with Crippen molar-refractivity contribution >= 4 is 11.8 Å². The van der Waals surface area contributed by atoms with Crippen molar-refractivity contribution in [2.75, 3.05) is 26.2 Å². The summed E-state index contributed by atoms with van der Waals surface area (Å²) in [6.45, 7) is 2.73. The van der Waals surface area contributed by atoms with Gasteiger partial charge in [0.2, 0.25) is 11.8 Å². The Bertz CT molecular complexity index is 598. The fourth-order valence-electron chi connectivity index (χ4n) is 4.48. The fourth-order valence-corrected chi connectivity index (χ4v) is 4.48. The van der Waals surface area contributed by atoms with Gasteiger partial charge in [-0.05, 0) is 30.9 Å². The van der Waals surface area contributed by atoms with Gasteiger partial charge in [-0.3, -0.25) is 9.59 Å². The number of hydrogen-bond donors (Lipinski definition) is 0. The van der Waals surface area contributed by atoms with Crippen LogP contribution >= 0.6 is 0 Å². The van der Waals surface area contributed by atoms with Crippen LogP contribution in [0.1, 0.15) is 56.6 Å². The molecular weight excluding hydrogens is 316 g/mol. The molecule has 1 aromatic rings. The van der Waals surface area contributed by atoms with Crippen LogP contribution < -0.4 is 0 Å². The largest absolute Gasteiger partial charge is 0.469 e. The number of carbonyl (C=O) groups excluding carboxylic acids is 2. The molecule has 0 radical (unpaired) electrons. The summed E-state index contributed by atoms with van der Waals surface area (Å²) in [5.74, 6) is 2.54. The lowest BCUT2D eigenvalue weighted by atomic mass is 10.0. The van der Waals surface area contributed by atoms with Gasteiger partial charge in [-0.1, -0.05) is 25.7 Å². The smallest absolute Gasteiger partial charge is 0.226 e. The van der Waals surface area contributed by atoms with Crippen LogP contribution in [-0.4, -0.2) is 47.8 Å². The molecule has 0 aromatic carbocycles. The number of rotatable bonds is 5. The van der Waals surface area contributed by atoms with E-state index in [1.165, 1.54) is 25.7 Å². The van der Waals surface area contributed by atoms with Crippen LogP contribution in [0.4, 0.5) is 0 Å². The molecule has 25 heavy (non-hydrogen) atoms. The van der Waals surface area contributed by atoms with E-state index in [4.69, 9.17) is 4.42 Å². The molecule has 5 heteroatoms. The van der Waals surface area contributed by atoms with Crippen LogP contribution in [0.3, 0.4) is 0 Å². The Morgan fingerprint density at radius 2 is 1.80 bits per heavy atom. The van der Waals surface area contributed by atoms with Gasteiger partial charge < -0.3 is 14.2 Å². The highest BCUT2D eigenvalue weighted by Gasteiger charge is 2.47. The predicted octanol–water partition coefficient (Wildman–Crippen LogP) is 3.02. The molecule has 2 saturated carbocycles. The molecule has 0 spiro atoms. The zero-order valence-electron chi connectivity index (χ0n) is 14.9. The maximum atomic E-state index is 12.6. The third kappa shape index (κ3) is 3.75. The van der Waals surface area contributed by atoms with Crippen LogP contribution in [0, 0.1) is 11.8 Å². The number of piperazine rings is 1. The first-order chi connectivity index (χ1) is 12.2. The second-order valence-electron chi connectivity index (χ2n) is 7.86. The minimum Gasteiger partial charge on any atom is -0.469 e. The number of carbonyl (C=O) groups is 2. The highest BCUT2D eigenvalue weighted by Crippen LogP contribution is 2.48. The maximum Gasteiger partial charge on any atom is 0.226 e. The molecule has 1 aromatic heterocycles. The molecule has 136 valence electrons. The Balaban J connectivity index is 1.20. The number of furan rings is 1. The molecule has 0 bridgehead atoms. The Morgan fingerprint density at radius 3 is 2.48 bits per heavy atom. The van der Waals surface area contributed by atoms with E-state index in [0.29, 0.717) is 32.6 Å². The molecule has 2 heterocycles. The van der Waals surface area contributed by atoms with Crippen molar-refractivity contribution in [2.45, 2.75) is 50.9 Å². The van der Waals surface area contributed by atoms with Gasteiger partial charge in [-0.25, -0.2) is 0 Å². The SMILES string of the molecule is O=C(CCC1CCCC1)N1CCN(C(=O)[C@@H]2C[C@@H]2c2ccco2)CC1.